The molecule has 4 spiro atoms. The molecule has 0 aromatic carbocycles. The van der Waals surface area contributed by atoms with Gasteiger partial charge in [-0.3, -0.25) is 0 Å². The van der Waals surface area contributed by atoms with Crippen molar-refractivity contribution >= 4 is 6.03 Å². The number of rotatable bonds is 8. The van der Waals surface area contributed by atoms with Gasteiger partial charge in [0.2, 0.25) is 0 Å². The van der Waals surface area contributed by atoms with E-state index in [-0.39, 0.29) is 24.9 Å². The first-order valence-corrected chi connectivity index (χ1v) is 17.4. The predicted octanol–water partition coefficient (Wildman–Crippen LogP) is 3.26. The second-order valence-electron chi connectivity index (χ2n) is 14.4. The lowest BCUT2D eigenvalue weighted by atomic mass is 9.69. The fourth-order valence-electron chi connectivity index (χ4n) is 9.39. The summed E-state index contributed by atoms with van der Waals surface area (Å²) in [5.41, 5.74) is -2.22. The molecule has 13 heteroatoms. The number of nitrogens with one attached hydrogen (secondary N) is 1. The molecule has 0 bridgehead atoms. The van der Waals surface area contributed by atoms with E-state index in [1.165, 1.54) is 5.06 Å². The summed E-state index contributed by atoms with van der Waals surface area (Å²) in [5.74, 6) is 0. The standard InChI is InChI=1S/C32H56N4O9/c1-40-19-20-43-18-12-34(27-23-29(5-3-2-4-6-29)36(39)32(24-27)11-17-44-25-45-32)28(37)33-26-21-30(7-13-41-14-8-30)35(38)31(22-26)9-15-42-16-10-31/h26-27,38-39H,2-25H2,1H3,(H,33,37). The maximum Gasteiger partial charge on any atom is 0.317 e. The molecule has 0 radical (unpaired) electrons. The molecule has 0 aromatic rings. The lowest BCUT2D eigenvalue weighted by Gasteiger charge is -2.60. The van der Waals surface area contributed by atoms with Crippen LogP contribution in [-0.2, 0) is 28.4 Å². The van der Waals surface area contributed by atoms with Crippen molar-refractivity contribution in [3.05, 3.63) is 0 Å². The maximum atomic E-state index is 14.5. The molecule has 5 saturated heterocycles. The molecule has 6 rings (SSSR count). The van der Waals surface area contributed by atoms with E-state index < -0.39 is 22.3 Å². The third-order valence-corrected chi connectivity index (χ3v) is 11.8. The van der Waals surface area contributed by atoms with Gasteiger partial charge in [-0.05, 0) is 57.8 Å². The number of piperidine rings is 2. The molecule has 3 N–H and O–H groups in total. The van der Waals surface area contributed by atoms with E-state index in [0.29, 0.717) is 91.5 Å². The van der Waals surface area contributed by atoms with E-state index in [9.17, 15) is 15.2 Å². The van der Waals surface area contributed by atoms with Gasteiger partial charge in [0.15, 0.2) is 5.72 Å². The molecule has 6 fully saturated rings. The van der Waals surface area contributed by atoms with Crippen LogP contribution in [0.2, 0.25) is 0 Å². The molecule has 5 heterocycles. The average molecular weight is 641 g/mol. The highest BCUT2D eigenvalue weighted by Crippen LogP contribution is 2.50. The molecular formula is C32H56N4O9. The number of urea groups is 1. The Morgan fingerprint density at radius 3 is 2.00 bits per heavy atom. The summed E-state index contributed by atoms with van der Waals surface area (Å²) in [5, 5.41) is 30.2. The molecule has 1 saturated carbocycles. The van der Waals surface area contributed by atoms with Crippen molar-refractivity contribution in [2.24, 2.45) is 0 Å². The number of methoxy groups -OCH3 is 1. The number of hydrogen-bond acceptors (Lipinski definition) is 11. The number of hydrogen-bond donors (Lipinski definition) is 3. The largest absolute Gasteiger partial charge is 0.382 e. The molecule has 6 aliphatic rings. The van der Waals surface area contributed by atoms with Gasteiger partial charge in [0.1, 0.15) is 6.79 Å². The molecule has 5 aliphatic heterocycles. The molecule has 0 aromatic heterocycles. The van der Waals surface area contributed by atoms with Crippen molar-refractivity contribution in [1.82, 2.24) is 20.3 Å². The van der Waals surface area contributed by atoms with Crippen molar-refractivity contribution in [1.29, 1.82) is 0 Å². The predicted molar refractivity (Wildman–Crippen MR) is 162 cm³/mol. The molecule has 45 heavy (non-hydrogen) atoms. The smallest absolute Gasteiger partial charge is 0.317 e. The van der Waals surface area contributed by atoms with Gasteiger partial charge < -0.3 is 49.1 Å². The van der Waals surface area contributed by atoms with E-state index in [2.05, 4.69) is 5.32 Å². The van der Waals surface area contributed by atoms with E-state index in [4.69, 9.17) is 28.4 Å². The van der Waals surface area contributed by atoms with Gasteiger partial charge in [-0.1, -0.05) is 19.3 Å². The average Bonchev–Trinajstić information content (AvgIpc) is 3.06. The minimum absolute atomic E-state index is 0.108. The van der Waals surface area contributed by atoms with Crippen LogP contribution in [0.3, 0.4) is 0 Å². The van der Waals surface area contributed by atoms with E-state index in [0.717, 1.165) is 57.8 Å². The minimum atomic E-state index is -0.894. The summed E-state index contributed by atoms with van der Waals surface area (Å²) in [6.07, 6.45) is 11.0. The second kappa shape index (κ2) is 14.6. The molecule has 13 nitrogen and oxygen atoms in total. The topological polar surface area (TPSA) is 135 Å². The lowest BCUT2D eigenvalue weighted by molar-refractivity contribution is -0.387. The van der Waals surface area contributed by atoms with Crippen LogP contribution in [0.4, 0.5) is 4.79 Å². The second-order valence-corrected chi connectivity index (χ2v) is 14.4. The third kappa shape index (κ3) is 6.90. The summed E-state index contributed by atoms with van der Waals surface area (Å²) >= 11 is 0. The van der Waals surface area contributed by atoms with Crippen molar-refractivity contribution in [2.75, 3.05) is 73.3 Å². The first kappa shape index (κ1) is 33.8. The number of carbonyl (C=O) groups excluding carboxylic acids is 1. The summed E-state index contributed by atoms with van der Waals surface area (Å²) in [7, 11) is 1.65. The number of carbonyl (C=O) groups is 1. The molecule has 2 atom stereocenters. The highest BCUT2D eigenvalue weighted by molar-refractivity contribution is 5.75. The van der Waals surface area contributed by atoms with Gasteiger partial charge >= 0.3 is 6.03 Å². The SMILES string of the molecule is COCCOCCN(C(=O)NC1CC2(CCOCC2)N(O)C2(CCOCC2)C1)C1CC2(CCCCC2)N(O)C2(CCOCO2)C1. The number of ether oxygens (including phenoxy) is 6. The van der Waals surface area contributed by atoms with Gasteiger partial charge in [0.05, 0.1) is 43.0 Å². The van der Waals surface area contributed by atoms with Crippen LogP contribution in [0, 0.1) is 0 Å². The van der Waals surface area contributed by atoms with Crippen LogP contribution < -0.4 is 5.32 Å². The summed E-state index contributed by atoms with van der Waals surface area (Å²) in [4.78, 5) is 16.5. The Labute approximate surface area is 267 Å². The van der Waals surface area contributed by atoms with Crippen LogP contribution in [0.15, 0.2) is 0 Å². The monoisotopic (exact) mass is 640 g/mol. The number of amides is 2. The molecule has 1 aliphatic carbocycles. The lowest BCUT2D eigenvalue weighted by Crippen LogP contribution is -2.71. The molecule has 2 unspecified atom stereocenters. The van der Waals surface area contributed by atoms with Crippen molar-refractivity contribution in [3.63, 3.8) is 0 Å². The van der Waals surface area contributed by atoms with Crippen molar-refractivity contribution in [3.8, 4) is 0 Å². The first-order chi connectivity index (χ1) is 21.9. The Morgan fingerprint density at radius 2 is 1.40 bits per heavy atom. The fourth-order valence-corrected chi connectivity index (χ4v) is 9.39. The van der Waals surface area contributed by atoms with Gasteiger partial charge in [0, 0.05) is 65.0 Å². The Balaban J connectivity index is 1.25. The Kier molecular flexibility index (Phi) is 10.9. The van der Waals surface area contributed by atoms with Crippen molar-refractivity contribution < 1.29 is 43.6 Å². The Hall–Kier alpha value is -1.13. The zero-order chi connectivity index (χ0) is 31.4. The van der Waals surface area contributed by atoms with Gasteiger partial charge in [-0.15, -0.1) is 0 Å². The van der Waals surface area contributed by atoms with Crippen molar-refractivity contribution in [2.45, 2.75) is 124 Å². The van der Waals surface area contributed by atoms with Crippen LogP contribution in [0.5, 0.6) is 0 Å². The van der Waals surface area contributed by atoms with Gasteiger partial charge in [-0.25, -0.2) is 4.79 Å². The summed E-state index contributed by atoms with van der Waals surface area (Å²) in [6.45, 7) is 4.79. The van der Waals surface area contributed by atoms with E-state index in [1.807, 2.05) is 4.90 Å². The van der Waals surface area contributed by atoms with Crippen LogP contribution in [0.1, 0.15) is 89.9 Å². The number of hydroxylamine groups is 4. The molecular weight excluding hydrogens is 584 g/mol. The number of nitrogens with zero attached hydrogens (tertiary/aromatic N) is 3. The van der Waals surface area contributed by atoms with E-state index in [1.54, 1.807) is 12.2 Å². The van der Waals surface area contributed by atoms with Crippen LogP contribution in [-0.4, -0.2) is 139 Å². The highest BCUT2D eigenvalue weighted by atomic mass is 16.7. The van der Waals surface area contributed by atoms with Crippen LogP contribution in [0.25, 0.3) is 0 Å². The highest BCUT2D eigenvalue weighted by Gasteiger charge is 2.59. The minimum Gasteiger partial charge on any atom is -0.382 e. The Bertz CT molecular complexity index is 908. The Morgan fingerprint density at radius 1 is 0.778 bits per heavy atom. The maximum absolute atomic E-state index is 14.5. The summed E-state index contributed by atoms with van der Waals surface area (Å²) in [6, 6.07) is -0.373. The van der Waals surface area contributed by atoms with Crippen LogP contribution >= 0.6 is 0 Å². The van der Waals surface area contributed by atoms with Gasteiger partial charge in [-0.2, -0.15) is 10.1 Å². The fraction of sp³-hybridized carbons (Fsp3) is 0.969. The third-order valence-electron chi connectivity index (χ3n) is 11.8. The van der Waals surface area contributed by atoms with Gasteiger partial charge in [0.25, 0.3) is 0 Å². The normalized spacial score (nSPS) is 33.5. The quantitative estimate of drug-likeness (QED) is 0.338. The first-order valence-electron chi connectivity index (χ1n) is 17.4. The molecule has 258 valence electrons. The molecule has 2 amide bonds. The zero-order valence-corrected chi connectivity index (χ0v) is 27.2. The summed E-state index contributed by atoms with van der Waals surface area (Å²) < 4.78 is 34.3. The zero-order valence-electron chi connectivity index (χ0n) is 27.2. The van der Waals surface area contributed by atoms with E-state index >= 15 is 0 Å².